The molecular weight excluding hydrogens is 290 g/mol. The third-order valence-corrected chi connectivity index (χ3v) is 3.78. The highest BCUT2D eigenvalue weighted by molar-refractivity contribution is 6.04. The minimum Gasteiger partial charge on any atom is -0.316 e. The van der Waals surface area contributed by atoms with Crippen LogP contribution >= 0.6 is 0 Å². The zero-order valence-corrected chi connectivity index (χ0v) is 13.3. The number of carbonyl (C=O) groups is 1. The molecule has 0 spiro atoms. The number of benzene rings is 1. The summed E-state index contributed by atoms with van der Waals surface area (Å²) in [6.07, 6.45) is 1.65. The molecule has 23 heavy (non-hydrogen) atoms. The molecule has 1 N–H and O–H groups in total. The van der Waals surface area contributed by atoms with Crippen molar-refractivity contribution in [2.75, 3.05) is 5.32 Å². The van der Waals surface area contributed by atoms with Crippen LogP contribution in [0.2, 0.25) is 0 Å². The van der Waals surface area contributed by atoms with Crippen molar-refractivity contribution in [1.29, 1.82) is 0 Å². The number of aromatic nitrogens is 2. The minimum atomic E-state index is -0.320. The molecule has 0 saturated heterocycles. The summed E-state index contributed by atoms with van der Waals surface area (Å²) in [6, 6.07) is 10.9. The molecule has 0 atom stereocenters. The standard InChI is InChI=1S/C18H17N3O2/c1-11-6-8-14(9-7-11)17(22)20-15-13(3)19-16-12(2)5-4-10-21(16)18(15)23/h4-10H,1-3H3,(H,20,22). The average molecular weight is 307 g/mol. The summed E-state index contributed by atoms with van der Waals surface area (Å²) in [7, 11) is 0. The summed E-state index contributed by atoms with van der Waals surface area (Å²) in [5.41, 5.74) is 3.51. The van der Waals surface area contributed by atoms with Gasteiger partial charge in [-0.2, -0.15) is 0 Å². The first-order chi connectivity index (χ1) is 11.0. The monoisotopic (exact) mass is 307 g/mol. The summed E-state index contributed by atoms with van der Waals surface area (Å²) in [6.45, 7) is 5.57. The first-order valence-corrected chi connectivity index (χ1v) is 7.34. The summed E-state index contributed by atoms with van der Waals surface area (Å²) in [4.78, 5) is 29.4. The normalized spacial score (nSPS) is 10.7. The smallest absolute Gasteiger partial charge is 0.281 e. The van der Waals surface area contributed by atoms with Crippen LogP contribution < -0.4 is 10.9 Å². The Bertz CT molecular complexity index is 956. The van der Waals surface area contributed by atoms with Crippen molar-refractivity contribution >= 4 is 17.2 Å². The maximum absolute atomic E-state index is 12.6. The van der Waals surface area contributed by atoms with Crippen molar-refractivity contribution in [3.05, 3.63) is 75.3 Å². The molecule has 1 amide bonds. The predicted octanol–water partition coefficient (Wildman–Crippen LogP) is 2.87. The Balaban J connectivity index is 2.05. The van der Waals surface area contributed by atoms with Gasteiger partial charge in [0, 0.05) is 11.8 Å². The molecule has 116 valence electrons. The van der Waals surface area contributed by atoms with Crippen LogP contribution in [0, 0.1) is 20.8 Å². The lowest BCUT2D eigenvalue weighted by Gasteiger charge is -2.10. The minimum absolute atomic E-state index is 0.207. The maximum atomic E-state index is 12.6. The lowest BCUT2D eigenvalue weighted by atomic mass is 10.1. The van der Waals surface area contributed by atoms with Crippen LogP contribution in [0.4, 0.5) is 5.69 Å². The van der Waals surface area contributed by atoms with E-state index in [-0.39, 0.29) is 17.2 Å². The first kappa shape index (κ1) is 15.0. The summed E-state index contributed by atoms with van der Waals surface area (Å²) < 4.78 is 1.45. The molecule has 5 nitrogen and oxygen atoms in total. The van der Waals surface area contributed by atoms with Gasteiger partial charge in [-0.25, -0.2) is 4.98 Å². The van der Waals surface area contributed by atoms with E-state index in [4.69, 9.17) is 0 Å². The van der Waals surface area contributed by atoms with Crippen molar-refractivity contribution in [3.63, 3.8) is 0 Å². The molecule has 0 aliphatic rings. The van der Waals surface area contributed by atoms with Gasteiger partial charge >= 0.3 is 0 Å². The summed E-state index contributed by atoms with van der Waals surface area (Å²) in [5.74, 6) is -0.320. The van der Waals surface area contributed by atoms with Gasteiger partial charge in [-0.05, 0) is 44.5 Å². The number of amides is 1. The van der Waals surface area contributed by atoms with Gasteiger partial charge in [-0.3, -0.25) is 14.0 Å². The van der Waals surface area contributed by atoms with E-state index in [9.17, 15) is 9.59 Å². The lowest BCUT2D eigenvalue weighted by Crippen LogP contribution is -2.25. The van der Waals surface area contributed by atoms with Gasteiger partial charge in [0.1, 0.15) is 11.3 Å². The third kappa shape index (κ3) is 2.73. The molecule has 5 heteroatoms. The number of nitrogens with one attached hydrogen (secondary N) is 1. The van der Waals surface area contributed by atoms with Crippen LogP contribution in [0.1, 0.15) is 27.2 Å². The van der Waals surface area contributed by atoms with Gasteiger partial charge in [0.25, 0.3) is 11.5 Å². The second kappa shape index (κ2) is 5.68. The fourth-order valence-corrected chi connectivity index (χ4v) is 2.44. The molecular formula is C18H17N3O2. The highest BCUT2D eigenvalue weighted by atomic mass is 16.2. The van der Waals surface area contributed by atoms with Gasteiger partial charge in [0.2, 0.25) is 0 Å². The zero-order valence-electron chi connectivity index (χ0n) is 13.3. The fraction of sp³-hybridized carbons (Fsp3) is 0.167. The molecule has 0 fully saturated rings. The Labute approximate surface area is 133 Å². The number of nitrogens with zero attached hydrogens (tertiary/aromatic N) is 2. The van der Waals surface area contributed by atoms with Gasteiger partial charge in [0.15, 0.2) is 0 Å². The Kier molecular flexibility index (Phi) is 3.70. The maximum Gasteiger partial charge on any atom is 0.281 e. The van der Waals surface area contributed by atoms with Crippen LogP contribution in [0.15, 0.2) is 47.4 Å². The van der Waals surface area contributed by atoms with E-state index in [2.05, 4.69) is 10.3 Å². The van der Waals surface area contributed by atoms with Crippen LogP contribution in [0.3, 0.4) is 0 Å². The number of fused-ring (bicyclic) bond motifs is 1. The van der Waals surface area contributed by atoms with Gasteiger partial charge in [-0.15, -0.1) is 0 Å². The Morgan fingerprint density at radius 3 is 2.48 bits per heavy atom. The number of aryl methyl sites for hydroxylation is 3. The highest BCUT2D eigenvalue weighted by Crippen LogP contribution is 2.13. The van der Waals surface area contributed by atoms with Crippen molar-refractivity contribution < 1.29 is 4.79 Å². The second-order valence-electron chi connectivity index (χ2n) is 5.58. The van der Waals surface area contributed by atoms with Crippen LogP contribution in [0.5, 0.6) is 0 Å². The number of hydrogen-bond acceptors (Lipinski definition) is 3. The van der Waals surface area contributed by atoms with E-state index in [1.54, 1.807) is 31.3 Å². The van der Waals surface area contributed by atoms with Crippen LogP contribution in [0.25, 0.3) is 5.65 Å². The Morgan fingerprint density at radius 1 is 1.09 bits per heavy atom. The van der Waals surface area contributed by atoms with E-state index in [1.807, 2.05) is 32.0 Å². The molecule has 0 aliphatic heterocycles. The average Bonchev–Trinajstić information content (AvgIpc) is 2.53. The molecule has 1 aromatic carbocycles. The Morgan fingerprint density at radius 2 is 1.78 bits per heavy atom. The highest BCUT2D eigenvalue weighted by Gasteiger charge is 2.14. The van der Waals surface area contributed by atoms with Crippen molar-refractivity contribution in [2.45, 2.75) is 20.8 Å². The van der Waals surface area contributed by atoms with Crippen LogP contribution in [-0.2, 0) is 0 Å². The summed E-state index contributed by atoms with van der Waals surface area (Å²) in [5, 5.41) is 2.69. The van der Waals surface area contributed by atoms with Crippen molar-refractivity contribution in [1.82, 2.24) is 9.38 Å². The van der Waals surface area contributed by atoms with Gasteiger partial charge < -0.3 is 5.32 Å². The van der Waals surface area contributed by atoms with Gasteiger partial charge in [0.05, 0.1) is 5.69 Å². The molecule has 0 saturated carbocycles. The molecule has 0 radical (unpaired) electrons. The number of anilines is 1. The third-order valence-electron chi connectivity index (χ3n) is 3.78. The SMILES string of the molecule is Cc1ccc(C(=O)Nc2c(C)nc3c(C)cccn3c2=O)cc1. The number of pyridine rings is 1. The van der Waals surface area contributed by atoms with Crippen molar-refractivity contribution in [3.8, 4) is 0 Å². The zero-order chi connectivity index (χ0) is 16.6. The van der Waals surface area contributed by atoms with E-state index in [1.165, 1.54) is 4.40 Å². The van der Waals surface area contributed by atoms with Crippen molar-refractivity contribution in [2.24, 2.45) is 0 Å². The molecule has 3 aromatic rings. The molecule has 3 rings (SSSR count). The molecule has 0 unspecified atom stereocenters. The van der Waals surface area contributed by atoms with E-state index >= 15 is 0 Å². The number of carbonyl (C=O) groups excluding carboxylic acids is 1. The van der Waals surface area contributed by atoms with E-state index in [0.717, 1.165) is 11.1 Å². The van der Waals surface area contributed by atoms with E-state index < -0.39 is 0 Å². The molecule has 2 aromatic heterocycles. The number of rotatable bonds is 2. The molecule has 0 aliphatic carbocycles. The fourth-order valence-electron chi connectivity index (χ4n) is 2.44. The first-order valence-electron chi connectivity index (χ1n) is 7.34. The number of hydrogen-bond donors (Lipinski definition) is 1. The topological polar surface area (TPSA) is 63.5 Å². The molecule has 0 bridgehead atoms. The second-order valence-corrected chi connectivity index (χ2v) is 5.58. The predicted molar refractivity (Wildman–Crippen MR) is 90.1 cm³/mol. The molecule has 2 heterocycles. The Hall–Kier alpha value is -2.95. The summed E-state index contributed by atoms with van der Waals surface area (Å²) >= 11 is 0. The quantitative estimate of drug-likeness (QED) is 0.792. The lowest BCUT2D eigenvalue weighted by molar-refractivity contribution is 0.102. The largest absolute Gasteiger partial charge is 0.316 e. The van der Waals surface area contributed by atoms with Crippen LogP contribution in [-0.4, -0.2) is 15.3 Å². The van der Waals surface area contributed by atoms with Gasteiger partial charge in [-0.1, -0.05) is 23.8 Å². The van der Waals surface area contributed by atoms with E-state index in [0.29, 0.717) is 16.9 Å².